The van der Waals surface area contributed by atoms with Crippen LogP contribution in [0.25, 0.3) is 22.3 Å². The number of carbonyl (C=O) groups is 5. The Morgan fingerprint density at radius 1 is 1.00 bits per heavy atom. The predicted molar refractivity (Wildman–Crippen MR) is 218 cm³/mol. The van der Waals surface area contributed by atoms with Crippen molar-refractivity contribution in [3.8, 4) is 11.4 Å². The number of rotatable bonds is 16. The molecule has 0 saturated heterocycles. The molecule has 1 aliphatic carbocycles. The Balaban J connectivity index is 0.979. The summed E-state index contributed by atoms with van der Waals surface area (Å²) in [5, 5.41) is 26.2. The molecule has 8 N–H and O–H groups in total. The minimum atomic E-state index is -1.97. The SMILES string of the molecule is CC[C@@]1(O)C(=O)OCc2c1cc1n(c2=O)Cc2c-1nc1cc(F)c(C)c3c1c2[C@@H](NCCCCNC(=O)CNC(=O)C(Cc1ccccc1)NC(=O)CNC(=O)CN)CC3. The number of nitrogens with one attached hydrogen (secondary N) is 5. The highest BCUT2D eigenvalue weighted by atomic mass is 19.1. The summed E-state index contributed by atoms with van der Waals surface area (Å²) in [5.74, 6) is -3.22. The first kappa shape index (κ1) is 42.1. The van der Waals surface area contributed by atoms with Crippen molar-refractivity contribution >= 4 is 40.5 Å². The van der Waals surface area contributed by atoms with Gasteiger partial charge in [0, 0.05) is 41.6 Å². The number of amides is 4. The van der Waals surface area contributed by atoms with E-state index in [1.54, 1.807) is 24.5 Å². The fourth-order valence-corrected chi connectivity index (χ4v) is 8.42. The molecular formula is C43H49FN8O8. The van der Waals surface area contributed by atoms with Gasteiger partial charge in [0.25, 0.3) is 5.56 Å². The van der Waals surface area contributed by atoms with E-state index in [0.29, 0.717) is 61.2 Å². The fraction of sp³-hybridized carbons (Fsp3) is 0.419. The van der Waals surface area contributed by atoms with Crippen molar-refractivity contribution in [2.45, 2.75) is 83.2 Å². The summed E-state index contributed by atoms with van der Waals surface area (Å²) >= 11 is 0. The van der Waals surface area contributed by atoms with Crippen molar-refractivity contribution in [3.63, 3.8) is 0 Å². The molecule has 0 spiro atoms. The van der Waals surface area contributed by atoms with Crippen LogP contribution in [0.15, 0.2) is 47.3 Å². The van der Waals surface area contributed by atoms with Crippen LogP contribution in [0.2, 0.25) is 0 Å². The van der Waals surface area contributed by atoms with Gasteiger partial charge in [0.05, 0.1) is 48.6 Å². The van der Waals surface area contributed by atoms with E-state index in [4.69, 9.17) is 15.5 Å². The molecule has 1 unspecified atom stereocenters. The van der Waals surface area contributed by atoms with E-state index < -0.39 is 41.2 Å². The van der Waals surface area contributed by atoms with Gasteiger partial charge >= 0.3 is 5.97 Å². The molecule has 4 amide bonds. The maximum atomic E-state index is 15.3. The van der Waals surface area contributed by atoms with E-state index >= 15 is 4.39 Å². The van der Waals surface area contributed by atoms with Gasteiger partial charge in [-0.25, -0.2) is 14.2 Å². The van der Waals surface area contributed by atoms with E-state index in [1.165, 1.54) is 6.07 Å². The first-order valence-corrected chi connectivity index (χ1v) is 20.2. The third-order valence-corrected chi connectivity index (χ3v) is 11.7. The van der Waals surface area contributed by atoms with Crippen LogP contribution in [0, 0.1) is 12.7 Å². The summed E-state index contributed by atoms with van der Waals surface area (Å²) < 4.78 is 22.1. The number of benzene rings is 2. The number of aryl methyl sites for hydroxylation is 1. The van der Waals surface area contributed by atoms with E-state index in [1.807, 2.05) is 30.3 Å². The summed E-state index contributed by atoms with van der Waals surface area (Å²) in [6.07, 6.45) is 2.80. The third kappa shape index (κ3) is 8.24. The number of nitrogens with two attached hydrogens (primary N) is 1. The molecule has 17 heteroatoms. The first-order valence-electron chi connectivity index (χ1n) is 20.2. The van der Waals surface area contributed by atoms with Gasteiger partial charge in [0.15, 0.2) is 5.60 Å². The van der Waals surface area contributed by atoms with Gasteiger partial charge in [0.2, 0.25) is 23.6 Å². The molecule has 7 rings (SSSR count). The lowest BCUT2D eigenvalue weighted by atomic mass is 9.81. The number of hydrogen-bond donors (Lipinski definition) is 7. The number of esters is 1. The van der Waals surface area contributed by atoms with Gasteiger partial charge in [0.1, 0.15) is 18.5 Å². The van der Waals surface area contributed by atoms with Crippen molar-refractivity contribution in [1.29, 1.82) is 0 Å². The summed E-state index contributed by atoms with van der Waals surface area (Å²) in [6.45, 7) is 3.39. The van der Waals surface area contributed by atoms with Crippen molar-refractivity contribution in [3.05, 3.63) is 97.6 Å². The molecule has 4 aromatic rings. The van der Waals surface area contributed by atoms with Crippen molar-refractivity contribution in [2.24, 2.45) is 5.73 Å². The largest absolute Gasteiger partial charge is 0.458 e. The first-order chi connectivity index (χ1) is 28.8. The van der Waals surface area contributed by atoms with Crippen molar-refractivity contribution in [2.75, 3.05) is 32.7 Å². The highest BCUT2D eigenvalue weighted by molar-refractivity contribution is 5.94. The predicted octanol–water partition coefficient (Wildman–Crippen LogP) is 0.919. The summed E-state index contributed by atoms with van der Waals surface area (Å²) in [5.41, 5.74) is 8.83. The Morgan fingerprint density at radius 3 is 2.50 bits per heavy atom. The number of hydrogen-bond acceptors (Lipinski definition) is 11. The van der Waals surface area contributed by atoms with Crippen LogP contribution in [0.1, 0.15) is 77.6 Å². The van der Waals surface area contributed by atoms with Gasteiger partial charge in [-0.1, -0.05) is 37.3 Å². The van der Waals surface area contributed by atoms with Crippen LogP contribution in [-0.2, 0) is 60.3 Å². The van der Waals surface area contributed by atoms with Crippen LogP contribution in [0.5, 0.6) is 0 Å². The maximum absolute atomic E-state index is 15.3. The Labute approximate surface area is 344 Å². The monoisotopic (exact) mass is 824 g/mol. The number of pyridine rings is 2. The second-order valence-corrected chi connectivity index (χ2v) is 15.4. The highest BCUT2D eigenvalue weighted by Crippen LogP contribution is 2.46. The number of ether oxygens (including phenoxy) is 1. The Morgan fingerprint density at radius 2 is 1.75 bits per heavy atom. The Kier molecular flexibility index (Phi) is 12.4. The quantitative estimate of drug-likeness (QED) is 0.0546. The zero-order valence-electron chi connectivity index (χ0n) is 33.5. The van der Waals surface area contributed by atoms with E-state index in [9.17, 15) is 33.9 Å². The molecule has 2 aromatic carbocycles. The standard InChI is InChI=1S/C43H49FN8O8/c1-3-43(59)28-16-33-39-26(21-52(33)41(57)27(28)22-60-42(43)58)38-30(12-11-25-23(2)29(44)17-31(51-39)37(25)38)46-13-7-8-14-47-35(54)19-49-40(56)32(15-24-9-5-4-6-10-24)50-36(55)20-48-34(53)18-45/h4-6,9-10,16-17,30,32,46,59H,3,7-8,11-15,18-22,45H2,1-2H3,(H,47,54)(H,48,53)(H,49,56)(H,50,55)/t30-,32?,43-/m0/s1. The van der Waals surface area contributed by atoms with Gasteiger partial charge in [-0.2, -0.15) is 0 Å². The normalized spacial score (nSPS) is 17.8. The average Bonchev–Trinajstić information content (AvgIpc) is 3.62. The molecule has 2 aromatic heterocycles. The molecule has 316 valence electrons. The number of unbranched alkanes of at least 4 members (excludes halogenated alkanes) is 1. The van der Waals surface area contributed by atoms with Crippen LogP contribution in [0.3, 0.4) is 0 Å². The zero-order valence-corrected chi connectivity index (χ0v) is 33.5. The molecular weight excluding hydrogens is 776 g/mol. The molecule has 0 bridgehead atoms. The minimum Gasteiger partial charge on any atom is -0.458 e. The van der Waals surface area contributed by atoms with Gasteiger partial charge in [-0.05, 0) is 73.9 Å². The zero-order chi connectivity index (χ0) is 42.7. The lowest BCUT2D eigenvalue weighted by molar-refractivity contribution is -0.172. The Hall–Kier alpha value is -6.04. The number of nitrogens with zero attached hydrogens (tertiary/aromatic N) is 2. The molecule has 16 nitrogen and oxygen atoms in total. The van der Waals surface area contributed by atoms with Crippen LogP contribution in [0.4, 0.5) is 4.39 Å². The molecule has 0 fully saturated rings. The van der Waals surface area contributed by atoms with Crippen molar-refractivity contribution in [1.82, 2.24) is 36.1 Å². The number of aliphatic hydroxyl groups is 1. The smallest absolute Gasteiger partial charge is 0.343 e. The molecule has 4 heterocycles. The van der Waals surface area contributed by atoms with Gasteiger partial charge < -0.3 is 46.7 Å². The summed E-state index contributed by atoms with van der Waals surface area (Å²) in [6, 6.07) is 11.0. The molecule has 3 atom stereocenters. The van der Waals surface area contributed by atoms with Gasteiger partial charge in [-0.3, -0.25) is 24.0 Å². The van der Waals surface area contributed by atoms with Crippen molar-refractivity contribution < 1.29 is 38.2 Å². The Bertz CT molecular complexity index is 2440. The number of aromatic nitrogens is 2. The van der Waals surface area contributed by atoms with Crippen LogP contribution in [-0.4, -0.2) is 83.0 Å². The lowest BCUT2D eigenvalue weighted by Gasteiger charge is -2.31. The number of halogens is 1. The minimum absolute atomic E-state index is 0.0158. The number of fused-ring (bicyclic) bond motifs is 5. The molecule has 2 aliphatic heterocycles. The fourth-order valence-electron chi connectivity index (χ4n) is 8.42. The van der Waals surface area contributed by atoms with E-state index in [-0.39, 0.29) is 74.2 Å². The van der Waals surface area contributed by atoms with Gasteiger partial charge in [-0.15, -0.1) is 0 Å². The number of carbonyl (C=O) groups excluding carboxylic acids is 5. The second-order valence-electron chi connectivity index (χ2n) is 15.4. The lowest BCUT2D eigenvalue weighted by Crippen LogP contribution is -2.52. The number of cyclic esters (lactones) is 1. The summed E-state index contributed by atoms with van der Waals surface area (Å²) in [4.78, 5) is 81.3. The van der Waals surface area contributed by atoms with E-state index in [2.05, 4.69) is 26.6 Å². The molecule has 0 saturated carbocycles. The maximum Gasteiger partial charge on any atom is 0.343 e. The third-order valence-electron chi connectivity index (χ3n) is 11.7. The second kappa shape index (κ2) is 17.7. The molecule has 0 radical (unpaired) electrons. The highest BCUT2D eigenvalue weighted by Gasteiger charge is 2.46. The topological polar surface area (TPSA) is 236 Å². The molecule has 3 aliphatic rings. The van der Waals surface area contributed by atoms with E-state index in [0.717, 1.165) is 27.6 Å². The van der Waals surface area contributed by atoms with Crippen LogP contribution < -0.4 is 37.9 Å². The average molecular weight is 825 g/mol. The molecule has 60 heavy (non-hydrogen) atoms. The van der Waals surface area contributed by atoms with Crippen LogP contribution >= 0.6 is 0 Å². The summed E-state index contributed by atoms with van der Waals surface area (Å²) in [7, 11) is 0.